The number of nitrogens with one attached hydrogen (secondary N) is 1. The number of amidine groups is 1. The van der Waals surface area contributed by atoms with Gasteiger partial charge in [0.05, 0.1) is 18.5 Å². The Morgan fingerprint density at radius 1 is 1.22 bits per heavy atom. The molecule has 0 amide bonds. The lowest BCUT2D eigenvalue weighted by atomic mass is 10.1. The van der Waals surface area contributed by atoms with Crippen LogP contribution in [0.3, 0.4) is 0 Å². The molecule has 3 aromatic rings. The van der Waals surface area contributed by atoms with Crippen LogP contribution in [0, 0.1) is 5.41 Å². The van der Waals surface area contributed by atoms with E-state index in [1.807, 2.05) is 24.3 Å². The number of rotatable bonds is 6. The minimum absolute atomic E-state index is 0.0193. The second-order valence-corrected chi connectivity index (χ2v) is 5.87. The third kappa shape index (κ3) is 4.15. The zero-order chi connectivity index (χ0) is 19.4. The molecule has 0 radical (unpaired) electrons. The van der Waals surface area contributed by atoms with Crippen molar-refractivity contribution in [2.75, 3.05) is 7.11 Å². The predicted molar refractivity (Wildman–Crippen MR) is 99.3 cm³/mol. The molecule has 27 heavy (non-hydrogen) atoms. The van der Waals surface area contributed by atoms with Gasteiger partial charge in [-0.25, -0.2) is 4.98 Å². The van der Waals surface area contributed by atoms with Crippen LogP contribution in [-0.2, 0) is 16.0 Å². The summed E-state index contributed by atoms with van der Waals surface area (Å²) in [6.07, 6.45) is 3.60. The van der Waals surface area contributed by atoms with Crippen LogP contribution in [0.25, 0.3) is 17.1 Å². The fourth-order valence-corrected chi connectivity index (χ4v) is 2.49. The highest BCUT2D eigenvalue weighted by atomic mass is 16.5. The fraction of sp³-hybridized carbons (Fsp3) is 0.167. The van der Waals surface area contributed by atoms with E-state index in [2.05, 4.69) is 19.9 Å². The molecule has 0 saturated heterocycles. The Kier molecular flexibility index (Phi) is 5.23. The Bertz CT molecular complexity index is 949. The van der Waals surface area contributed by atoms with Crippen LogP contribution >= 0.6 is 0 Å². The van der Waals surface area contributed by atoms with E-state index in [0.29, 0.717) is 22.8 Å². The molecule has 1 unspecified atom stereocenters. The largest absolute Gasteiger partial charge is 0.468 e. The Morgan fingerprint density at radius 3 is 2.56 bits per heavy atom. The second kappa shape index (κ2) is 7.75. The van der Waals surface area contributed by atoms with Crippen molar-refractivity contribution in [2.45, 2.75) is 12.5 Å². The summed E-state index contributed by atoms with van der Waals surface area (Å²) in [6.45, 7) is 0. The number of hydrogen-bond donors (Lipinski definition) is 3. The molecule has 138 valence electrons. The lowest BCUT2D eigenvalue weighted by Crippen LogP contribution is -2.33. The summed E-state index contributed by atoms with van der Waals surface area (Å²) in [5.41, 5.74) is 14.1. The molecule has 2 heterocycles. The molecule has 0 fully saturated rings. The van der Waals surface area contributed by atoms with Crippen LogP contribution in [0.1, 0.15) is 11.3 Å². The van der Waals surface area contributed by atoms with Gasteiger partial charge in [-0.05, 0) is 12.1 Å². The molecule has 2 aromatic heterocycles. The van der Waals surface area contributed by atoms with Crippen LogP contribution < -0.4 is 11.5 Å². The summed E-state index contributed by atoms with van der Waals surface area (Å²) in [6, 6.07) is 10.1. The zero-order valence-electron chi connectivity index (χ0n) is 14.7. The smallest absolute Gasteiger partial charge is 0.323 e. The first-order valence-corrected chi connectivity index (χ1v) is 8.13. The highest BCUT2D eigenvalue weighted by Gasteiger charge is 2.16. The van der Waals surface area contributed by atoms with Crippen LogP contribution in [0.4, 0.5) is 0 Å². The Hall–Kier alpha value is -3.59. The Morgan fingerprint density at radius 2 is 1.96 bits per heavy atom. The molecule has 3 rings (SSSR count). The van der Waals surface area contributed by atoms with Crippen molar-refractivity contribution in [1.29, 1.82) is 5.41 Å². The highest BCUT2D eigenvalue weighted by Crippen LogP contribution is 2.18. The average Bonchev–Trinajstić information content (AvgIpc) is 3.16. The van der Waals surface area contributed by atoms with Gasteiger partial charge in [-0.15, -0.1) is 10.2 Å². The summed E-state index contributed by atoms with van der Waals surface area (Å²) >= 11 is 0. The third-order valence-corrected chi connectivity index (χ3v) is 3.98. The quantitative estimate of drug-likeness (QED) is 0.330. The van der Waals surface area contributed by atoms with Crippen molar-refractivity contribution in [3.63, 3.8) is 0 Å². The van der Waals surface area contributed by atoms with Gasteiger partial charge in [0.1, 0.15) is 18.2 Å². The average molecular weight is 365 g/mol. The number of nitrogens with two attached hydrogens (primary N) is 2. The third-order valence-electron chi connectivity index (χ3n) is 3.98. The SMILES string of the molecule is COC(=O)C(N)Cc1cn(-c2ccc(-c3ccc(C(=N)N)cc3)nn2)cn1. The van der Waals surface area contributed by atoms with Gasteiger partial charge in [-0.1, -0.05) is 24.3 Å². The van der Waals surface area contributed by atoms with Gasteiger partial charge < -0.3 is 16.2 Å². The lowest BCUT2D eigenvalue weighted by molar-refractivity contribution is -0.142. The van der Waals surface area contributed by atoms with E-state index in [9.17, 15) is 4.79 Å². The van der Waals surface area contributed by atoms with Gasteiger partial charge in [-0.2, -0.15) is 0 Å². The summed E-state index contributed by atoms with van der Waals surface area (Å²) in [5, 5.41) is 15.9. The van der Waals surface area contributed by atoms with Crippen LogP contribution in [-0.4, -0.2) is 44.7 Å². The fourth-order valence-electron chi connectivity index (χ4n) is 2.49. The molecule has 5 N–H and O–H groups in total. The Balaban J connectivity index is 1.74. The van der Waals surface area contributed by atoms with Crippen molar-refractivity contribution >= 4 is 11.8 Å². The van der Waals surface area contributed by atoms with Crippen molar-refractivity contribution < 1.29 is 9.53 Å². The molecule has 0 aliphatic heterocycles. The summed E-state index contributed by atoms with van der Waals surface area (Å²) < 4.78 is 6.32. The zero-order valence-corrected chi connectivity index (χ0v) is 14.7. The van der Waals surface area contributed by atoms with Crippen LogP contribution in [0.5, 0.6) is 0 Å². The molecule has 0 aliphatic carbocycles. The first-order valence-electron chi connectivity index (χ1n) is 8.13. The van der Waals surface area contributed by atoms with Gasteiger partial charge >= 0.3 is 5.97 Å². The number of esters is 1. The summed E-state index contributed by atoms with van der Waals surface area (Å²) in [7, 11) is 1.30. The summed E-state index contributed by atoms with van der Waals surface area (Å²) in [5.74, 6) is 0.125. The second-order valence-electron chi connectivity index (χ2n) is 5.87. The van der Waals surface area contributed by atoms with Crippen molar-refractivity contribution in [3.8, 4) is 17.1 Å². The number of nitrogen functional groups attached to an aromatic ring is 1. The van der Waals surface area contributed by atoms with Crippen molar-refractivity contribution in [2.24, 2.45) is 11.5 Å². The number of carbonyl (C=O) groups is 1. The minimum Gasteiger partial charge on any atom is -0.468 e. The van der Waals surface area contributed by atoms with E-state index in [1.165, 1.54) is 7.11 Å². The topological polar surface area (TPSA) is 146 Å². The van der Waals surface area contributed by atoms with Gasteiger partial charge in [0.25, 0.3) is 0 Å². The molecule has 0 saturated carbocycles. The number of carbonyl (C=O) groups excluding carboxylic acids is 1. The van der Waals surface area contributed by atoms with E-state index < -0.39 is 12.0 Å². The first-order chi connectivity index (χ1) is 13.0. The molecule has 9 nitrogen and oxygen atoms in total. The maximum Gasteiger partial charge on any atom is 0.323 e. The molecule has 1 atom stereocenters. The van der Waals surface area contributed by atoms with E-state index in [0.717, 1.165) is 5.56 Å². The number of hydrogen-bond acceptors (Lipinski definition) is 7. The van der Waals surface area contributed by atoms with Gasteiger partial charge in [0, 0.05) is 23.7 Å². The van der Waals surface area contributed by atoms with Crippen molar-refractivity contribution in [3.05, 3.63) is 60.2 Å². The predicted octanol–water partition coefficient (Wildman–Crippen LogP) is 0.656. The number of benzene rings is 1. The molecular weight excluding hydrogens is 346 g/mol. The summed E-state index contributed by atoms with van der Waals surface area (Å²) in [4.78, 5) is 15.6. The van der Waals surface area contributed by atoms with Gasteiger partial charge in [0.15, 0.2) is 5.82 Å². The minimum atomic E-state index is -0.759. The maximum absolute atomic E-state index is 11.4. The number of methoxy groups -OCH3 is 1. The molecule has 1 aromatic carbocycles. The molecule has 0 spiro atoms. The Labute approximate surface area is 155 Å². The number of ether oxygens (including phenoxy) is 1. The molecule has 0 bridgehead atoms. The maximum atomic E-state index is 11.4. The molecule has 9 heteroatoms. The van der Waals surface area contributed by atoms with E-state index >= 15 is 0 Å². The number of nitrogens with zero attached hydrogens (tertiary/aromatic N) is 4. The van der Waals surface area contributed by atoms with E-state index in [1.54, 1.807) is 29.2 Å². The number of imidazole rings is 1. The first kappa shape index (κ1) is 18.2. The van der Waals surface area contributed by atoms with Crippen LogP contribution in [0.2, 0.25) is 0 Å². The molecule has 0 aliphatic rings. The monoisotopic (exact) mass is 365 g/mol. The lowest BCUT2D eigenvalue weighted by Gasteiger charge is -2.06. The van der Waals surface area contributed by atoms with Crippen LogP contribution in [0.15, 0.2) is 48.9 Å². The normalized spacial score (nSPS) is 11.8. The van der Waals surface area contributed by atoms with E-state index in [4.69, 9.17) is 16.9 Å². The highest BCUT2D eigenvalue weighted by molar-refractivity contribution is 5.95. The standard InChI is InChI=1S/C18H19N7O2/c1-27-18(26)14(19)8-13-9-25(10-22-13)16-7-6-15(23-24-16)11-2-4-12(5-3-11)17(20)21/h2-7,9-10,14H,8,19H2,1H3,(H3,20,21). The van der Waals surface area contributed by atoms with Gasteiger partial charge in [0.2, 0.25) is 0 Å². The van der Waals surface area contributed by atoms with Gasteiger partial charge in [-0.3, -0.25) is 14.8 Å². The molecular formula is C18H19N7O2. The van der Waals surface area contributed by atoms with Crippen molar-refractivity contribution in [1.82, 2.24) is 19.7 Å². The number of aromatic nitrogens is 4. The van der Waals surface area contributed by atoms with E-state index in [-0.39, 0.29) is 12.3 Å².